The van der Waals surface area contributed by atoms with Crippen molar-refractivity contribution in [3.8, 4) is 0 Å². The van der Waals surface area contributed by atoms with Gasteiger partial charge in [0.15, 0.2) is 0 Å². The van der Waals surface area contributed by atoms with Gasteiger partial charge in [-0.05, 0) is 62.7 Å². The van der Waals surface area contributed by atoms with Crippen molar-refractivity contribution in [2.75, 3.05) is 24.0 Å². The molecule has 1 unspecified atom stereocenters. The van der Waals surface area contributed by atoms with Gasteiger partial charge in [-0.15, -0.1) is 0 Å². The summed E-state index contributed by atoms with van der Waals surface area (Å²) in [5.41, 5.74) is 9.06. The number of anilines is 1. The number of fused-ring (bicyclic) bond motifs is 1. The molecular weight excluding hydrogens is 280 g/mol. The summed E-state index contributed by atoms with van der Waals surface area (Å²) in [5, 5.41) is 7.87. The molecule has 0 radical (unpaired) electrons. The Morgan fingerprint density at radius 3 is 2.86 bits per heavy atom. The van der Waals surface area contributed by atoms with E-state index >= 15 is 0 Å². The van der Waals surface area contributed by atoms with Crippen LogP contribution in [0.3, 0.4) is 0 Å². The van der Waals surface area contributed by atoms with Crippen LogP contribution in [0.15, 0.2) is 6.07 Å². The van der Waals surface area contributed by atoms with Gasteiger partial charge in [0.25, 0.3) is 0 Å². The highest BCUT2D eigenvalue weighted by Gasteiger charge is 2.21. The van der Waals surface area contributed by atoms with Gasteiger partial charge in [0.05, 0.1) is 5.56 Å². The van der Waals surface area contributed by atoms with Gasteiger partial charge in [0.1, 0.15) is 11.7 Å². The molecule has 3 N–H and O–H groups in total. The molecule has 1 aromatic heterocycles. The van der Waals surface area contributed by atoms with E-state index in [-0.39, 0.29) is 5.84 Å². The number of hydrogen-bond acceptors (Lipinski definition) is 4. The van der Waals surface area contributed by atoms with Crippen LogP contribution in [-0.4, -0.2) is 35.9 Å². The Morgan fingerprint density at radius 2 is 2.19 bits per heavy atom. The molecule has 0 fully saturated rings. The minimum Gasteiger partial charge on any atom is -0.384 e. The Bertz CT molecular complexity index is 515. The van der Waals surface area contributed by atoms with Crippen LogP contribution in [-0.2, 0) is 12.8 Å². The molecule has 1 atom stereocenters. The number of aromatic nitrogens is 1. The molecule has 5 heteroatoms. The zero-order valence-electron chi connectivity index (χ0n) is 13.3. The quantitative estimate of drug-likeness (QED) is 0.626. The first-order valence-corrected chi connectivity index (χ1v) is 9.03. The average molecular weight is 306 g/mol. The lowest BCUT2D eigenvalue weighted by Crippen LogP contribution is -2.33. The van der Waals surface area contributed by atoms with E-state index in [2.05, 4.69) is 31.2 Å². The number of aryl methyl sites for hydroxylation is 2. The van der Waals surface area contributed by atoms with Gasteiger partial charge in [0, 0.05) is 18.8 Å². The molecule has 0 aliphatic heterocycles. The maximum Gasteiger partial charge on any atom is 0.139 e. The van der Waals surface area contributed by atoms with Crippen LogP contribution < -0.4 is 10.6 Å². The van der Waals surface area contributed by atoms with E-state index in [4.69, 9.17) is 16.1 Å². The third kappa shape index (κ3) is 3.70. The fourth-order valence-electron chi connectivity index (χ4n) is 2.78. The van der Waals surface area contributed by atoms with Crippen molar-refractivity contribution in [1.29, 1.82) is 5.41 Å². The van der Waals surface area contributed by atoms with E-state index in [9.17, 15) is 0 Å². The fourth-order valence-corrected chi connectivity index (χ4v) is 3.36. The Labute approximate surface area is 132 Å². The maximum atomic E-state index is 7.87. The number of amidine groups is 1. The van der Waals surface area contributed by atoms with E-state index in [0.29, 0.717) is 6.04 Å². The zero-order valence-corrected chi connectivity index (χ0v) is 14.1. The first kappa shape index (κ1) is 16.1. The standard InChI is InChI=1S/C16H26N4S/c1-11(8-9-21-3)20(2)16-13(15(17)18)10-12-6-4-5-7-14(12)19-16/h10-11H,4-9H2,1-3H3,(H3,17,18). The minimum atomic E-state index is 0.120. The smallest absolute Gasteiger partial charge is 0.139 e. The molecule has 0 bridgehead atoms. The largest absolute Gasteiger partial charge is 0.384 e. The second kappa shape index (κ2) is 7.16. The summed E-state index contributed by atoms with van der Waals surface area (Å²) in [6.07, 6.45) is 7.77. The van der Waals surface area contributed by atoms with Crippen LogP contribution in [0.1, 0.15) is 43.0 Å². The Morgan fingerprint density at radius 1 is 1.48 bits per heavy atom. The highest BCUT2D eigenvalue weighted by Crippen LogP contribution is 2.27. The summed E-state index contributed by atoms with van der Waals surface area (Å²) >= 11 is 1.86. The fraction of sp³-hybridized carbons (Fsp3) is 0.625. The number of nitrogens with one attached hydrogen (secondary N) is 1. The second-order valence-corrected chi connectivity index (χ2v) is 6.81. The lowest BCUT2D eigenvalue weighted by Gasteiger charge is -2.29. The predicted molar refractivity (Wildman–Crippen MR) is 92.8 cm³/mol. The van der Waals surface area contributed by atoms with Crippen LogP contribution in [0.2, 0.25) is 0 Å². The van der Waals surface area contributed by atoms with E-state index in [0.717, 1.165) is 36.4 Å². The topological polar surface area (TPSA) is 66.0 Å². The first-order valence-electron chi connectivity index (χ1n) is 7.63. The number of rotatable bonds is 6. The van der Waals surface area contributed by atoms with E-state index in [1.807, 2.05) is 11.8 Å². The first-order chi connectivity index (χ1) is 10.0. The van der Waals surface area contributed by atoms with Gasteiger partial charge in [-0.2, -0.15) is 11.8 Å². The van der Waals surface area contributed by atoms with Crippen molar-refractivity contribution in [3.05, 3.63) is 22.9 Å². The molecule has 0 spiro atoms. The van der Waals surface area contributed by atoms with Crippen LogP contribution in [0, 0.1) is 5.41 Å². The number of hydrogen-bond donors (Lipinski definition) is 2. The van der Waals surface area contributed by atoms with Gasteiger partial charge in [-0.3, -0.25) is 5.41 Å². The second-order valence-electron chi connectivity index (χ2n) is 5.83. The van der Waals surface area contributed by atoms with E-state index in [1.165, 1.54) is 24.1 Å². The number of nitrogens with two attached hydrogens (primary N) is 1. The van der Waals surface area contributed by atoms with Gasteiger partial charge < -0.3 is 10.6 Å². The van der Waals surface area contributed by atoms with Gasteiger partial charge in [0.2, 0.25) is 0 Å². The average Bonchev–Trinajstić information content (AvgIpc) is 2.50. The SMILES string of the molecule is CSCCC(C)N(C)c1nc2c(cc1C(=N)N)CCCC2. The molecule has 0 amide bonds. The third-order valence-corrected chi connectivity index (χ3v) is 4.95. The predicted octanol–water partition coefficient (Wildman–Crippen LogP) is 2.82. The summed E-state index contributed by atoms with van der Waals surface area (Å²) in [6, 6.07) is 2.49. The van der Waals surface area contributed by atoms with Gasteiger partial charge >= 0.3 is 0 Å². The number of thioether (sulfide) groups is 1. The summed E-state index contributed by atoms with van der Waals surface area (Å²) in [5.74, 6) is 2.12. The maximum absolute atomic E-state index is 7.87. The van der Waals surface area contributed by atoms with Crippen molar-refractivity contribution in [2.24, 2.45) is 5.73 Å². The molecular formula is C16H26N4S. The molecule has 116 valence electrons. The molecule has 21 heavy (non-hydrogen) atoms. The van der Waals surface area contributed by atoms with Crippen LogP contribution in [0.4, 0.5) is 5.82 Å². The highest BCUT2D eigenvalue weighted by molar-refractivity contribution is 7.98. The lowest BCUT2D eigenvalue weighted by molar-refractivity contribution is 0.643. The molecule has 0 saturated heterocycles. The van der Waals surface area contributed by atoms with Crippen molar-refractivity contribution in [1.82, 2.24) is 4.98 Å². The lowest BCUT2D eigenvalue weighted by atomic mass is 9.94. The molecule has 1 aromatic rings. The van der Waals surface area contributed by atoms with Crippen molar-refractivity contribution in [2.45, 2.75) is 45.1 Å². The molecule has 0 saturated carbocycles. The highest BCUT2D eigenvalue weighted by atomic mass is 32.2. The summed E-state index contributed by atoms with van der Waals surface area (Å²) in [6.45, 7) is 2.21. The molecule has 1 aliphatic rings. The summed E-state index contributed by atoms with van der Waals surface area (Å²) < 4.78 is 0. The van der Waals surface area contributed by atoms with Gasteiger partial charge in [-0.25, -0.2) is 4.98 Å². The molecule has 1 heterocycles. The monoisotopic (exact) mass is 306 g/mol. The number of nitrogens with zero attached hydrogens (tertiary/aromatic N) is 2. The summed E-state index contributed by atoms with van der Waals surface area (Å²) in [7, 11) is 2.06. The van der Waals surface area contributed by atoms with Crippen molar-refractivity contribution in [3.63, 3.8) is 0 Å². The van der Waals surface area contributed by atoms with Crippen LogP contribution >= 0.6 is 11.8 Å². The zero-order chi connectivity index (χ0) is 15.4. The van der Waals surface area contributed by atoms with Crippen molar-refractivity contribution < 1.29 is 0 Å². The summed E-state index contributed by atoms with van der Waals surface area (Å²) in [4.78, 5) is 7.04. The van der Waals surface area contributed by atoms with Crippen LogP contribution in [0.25, 0.3) is 0 Å². The molecule has 4 nitrogen and oxygen atoms in total. The van der Waals surface area contributed by atoms with Crippen LogP contribution in [0.5, 0.6) is 0 Å². The molecule has 2 rings (SSSR count). The number of pyridine rings is 1. The van der Waals surface area contributed by atoms with E-state index in [1.54, 1.807) is 0 Å². The minimum absolute atomic E-state index is 0.120. The Kier molecular flexibility index (Phi) is 5.51. The van der Waals surface area contributed by atoms with Crippen molar-refractivity contribution >= 4 is 23.4 Å². The van der Waals surface area contributed by atoms with Gasteiger partial charge in [-0.1, -0.05) is 0 Å². The Balaban J connectivity index is 2.34. The molecule has 0 aromatic carbocycles. The number of nitrogen functional groups attached to an aromatic ring is 1. The molecule has 1 aliphatic carbocycles. The van der Waals surface area contributed by atoms with E-state index < -0.39 is 0 Å². The third-order valence-electron chi connectivity index (χ3n) is 4.31. The normalized spacial score (nSPS) is 15.4. The Hall–Kier alpha value is -1.23.